The molecule has 0 unspecified atom stereocenters. The maximum absolute atomic E-state index is 2.21. The van der Waals surface area contributed by atoms with Crippen LogP contribution in [0.3, 0.4) is 0 Å². The van der Waals surface area contributed by atoms with Gasteiger partial charge in [-0.15, -0.1) is 0 Å². The third-order valence-corrected chi connectivity index (χ3v) is 8.37. The molecule has 0 spiro atoms. The molecule has 0 N–H and O–H groups in total. The van der Waals surface area contributed by atoms with Gasteiger partial charge in [0.05, 0.1) is 0 Å². The Morgan fingerprint density at radius 1 is 0.190 bits per heavy atom. The van der Waals surface area contributed by atoms with Crippen LogP contribution >= 0.6 is 0 Å². The van der Waals surface area contributed by atoms with Gasteiger partial charge in [0.1, 0.15) is 0 Å². The summed E-state index contributed by atoms with van der Waals surface area (Å²) < 4.78 is 0. The Hall–Kier alpha value is -5.98. The maximum Gasteiger partial charge on any atom is -0.00268 e. The van der Waals surface area contributed by atoms with Gasteiger partial charge in [0.2, 0.25) is 0 Å². The first-order valence-corrected chi connectivity index (χ1v) is 21.4. The molecule has 0 saturated heterocycles. The summed E-state index contributed by atoms with van der Waals surface area (Å²) in [4.78, 5) is 0. The van der Waals surface area contributed by atoms with E-state index in [1.54, 1.807) is 0 Å². The van der Waals surface area contributed by atoms with Crippen LogP contribution in [0.15, 0.2) is 206 Å². The van der Waals surface area contributed by atoms with Gasteiger partial charge < -0.3 is 0 Å². The average molecular weight is 763 g/mol. The number of benzene rings is 10. The summed E-state index contributed by atoms with van der Waals surface area (Å²) in [5, 5.41) is 16.1. The molecule has 0 aliphatic heterocycles. The van der Waals surface area contributed by atoms with Crippen molar-refractivity contribution in [1.29, 1.82) is 0 Å². The molecule has 58 heavy (non-hydrogen) atoms. The van der Waals surface area contributed by atoms with Gasteiger partial charge in [-0.05, 0) is 64.6 Å². The Morgan fingerprint density at radius 3 is 0.638 bits per heavy atom. The van der Waals surface area contributed by atoms with E-state index in [4.69, 9.17) is 0 Å². The van der Waals surface area contributed by atoms with Gasteiger partial charge in [-0.25, -0.2) is 0 Å². The molecule has 0 radical (unpaired) electrons. The molecule has 0 aromatic heterocycles. The summed E-state index contributed by atoms with van der Waals surface area (Å²) in [6, 6.07) is 71.9. The van der Waals surface area contributed by atoms with Gasteiger partial charge in [-0.3, -0.25) is 0 Å². The lowest BCUT2D eigenvalue weighted by Gasteiger charge is -2.09. The number of rotatable bonds is 0. The van der Waals surface area contributed by atoms with Crippen molar-refractivity contribution in [3.05, 3.63) is 206 Å². The van der Waals surface area contributed by atoms with Crippen molar-refractivity contribution >= 4 is 64.6 Å². The predicted molar refractivity (Wildman–Crippen MR) is 266 cm³/mol. The lowest BCUT2D eigenvalue weighted by atomic mass is 9.95. The van der Waals surface area contributed by atoms with E-state index < -0.39 is 0 Å². The normalized spacial score (nSPS) is 9.66. The second-order valence-electron chi connectivity index (χ2n) is 14.1. The van der Waals surface area contributed by atoms with Crippen molar-refractivity contribution in [2.24, 2.45) is 0 Å². The van der Waals surface area contributed by atoms with Crippen LogP contribution in [0.1, 0.15) is 81.1 Å². The standard InChI is InChI=1S/C16H10.C14H10.C10H8.C6H6.4C3H8/c1-3-11-7-9-13-5-2-6-14-10-8-12(4-1)15(11)16(13)14;1-3-7-13-11(5-1)9-10-12-6-2-4-8-14(12)13;1-2-6-10-8-4-3-7-9(10)5-1;1-2-4-6-5-3-1;4*1-3-2/h1-10H;1-10H;1-8H;1-6H;4*3H2,1-2H3. The molecule has 0 bridgehead atoms. The van der Waals surface area contributed by atoms with E-state index in [1.165, 1.54) is 90.3 Å². The van der Waals surface area contributed by atoms with Crippen LogP contribution in [0.4, 0.5) is 0 Å². The van der Waals surface area contributed by atoms with E-state index in [0.29, 0.717) is 0 Å². The van der Waals surface area contributed by atoms with E-state index in [0.717, 1.165) is 0 Å². The summed E-state index contributed by atoms with van der Waals surface area (Å²) in [6.07, 6.45) is 5.00. The maximum atomic E-state index is 2.21. The van der Waals surface area contributed by atoms with E-state index in [-0.39, 0.29) is 0 Å². The fourth-order valence-corrected chi connectivity index (χ4v) is 6.14. The van der Waals surface area contributed by atoms with E-state index >= 15 is 0 Å². The smallest absolute Gasteiger partial charge is 0.00268 e. The Kier molecular flexibility index (Phi) is 22.1. The molecule has 0 amide bonds. The van der Waals surface area contributed by atoms with Gasteiger partial charge in [-0.1, -0.05) is 287 Å². The molecule has 10 aromatic rings. The summed E-state index contributed by atoms with van der Waals surface area (Å²) in [6.45, 7) is 17.0. The topological polar surface area (TPSA) is 0 Å². The van der Waals surface area contributed by atoms with Crippen LogP contribution in [0.5, 0.6) is 0 Å². The SMILES string of the molecule is CCC.CCC.CCC.CCC.c1cc2ccc3cccc4ccc(c1)c2c34.c1ccc2c(c1)ccc1ccccc12.c1ccc2ccccc2c1.c1ccccc1. The zero-order valence-electron chi connectivity index (χ0n) is 36.5. The summed E-state index contributed by atoms with van der Waals surface area (Å²) >= 11 is 0. The molecule has 10 aromatic carbocycles. The summed E-state index contributed by atoms with van der Waals surface area (Å²) in [5.41, 5.74) is 0. The van der Waals surface area contributed by atoms with Crippen molar-refractivity contribution in [3.8, 4) is 0 Å². The van der Waals surface area contributed by atoms with Crippen molar-refractivity contribution in [3.63, 3.8) is 0 Å². The minimum Gasteiger partial charge on any atom is -0.0656 e. The zero-order chi connectivity index (χ0) is 41.8. The number of hydrogen-bond donors (Lipinski definition) is 0. The minimum absolute atomic E-state index is 1.25. The fraction of sp³-hybridized carbons (Fsp3) is 0.207. The van der Waals surface area contributed by atoms with Crippen LogP contribution in [0, 0.1) is 0 Å². The fourth-order valence-electron chi connectivity index (χ4n) is 6.14. The van der Waals surface area contributed by atoms with Crippen molar-refractivity contribution in [1.82, 2.24) is 0 Å². The molecule has 0 saturated carbocycles. The average Bonchev–Trinajstić information content (AvgIpc) is 3.28. The zero-order valence-corrected chi connectivity index (χ0v) is 36.5. The number of fused-ring (bicyclic) bond motifs is 4. The Bertz CT molecular complexity index is 2260. The predicted octanol–water partition coefficient (Wildman–Crippen LogP) is 18.8. The molecule has 0 heterocycles. The molecule has 0 fully saturated rings. The highest BCUT2D eigenvalue weighted by molar-refractivity contribution is 6.22. The Balaban J connectivity index is 0.000000196. The third kappa shape index (κ3) is 14.5. The van der Waals surface area contributed by atoms with Crippen LogP contribution in [-0.4, -0.2) is 0 Å². The lowest BCUT2D eigenvalue weighted by molar-refractivity contribution is 1.09. The number of hydrogen-bond acceptors (Lipinski definition) is 0. The van der Waals surface area contributed by atoms with E-state index in [1.807, 2.05) is 36.4 Å². The molecule has 10 rings (SSSR count). The van der Waals surface area contributed by atoms with Crippen LogP contribution in [0.25, 0.3) is 64.6 Å². The van der Waals surface area contributed by atoms with Crippen LogP contribution in [-0.2, 0) is 0 Å². The van der Waals surface area contributed by atoms with Crippen molar-refractivity contribution < 1.29 is 0 Å². The first-order chi connectivity index (χ1) is 28.5. The largest absolute Gasteiger partial charge is 0.0656 e. The summed E-state index contributed by atoms with van der Waals surface area (Å²) in [7, 11) is 0. The van der Waals surface area contributed by atoms with Gasteiger partial charge in [-0.2, -0.15) is 0 Å². The van der Waals surface area contributed by atoms with Gasteiger partial charge in [0.15, 0.2) is 0 Å². The molecular weight excluding hydrogens is 697 g/mol. The van der Waals surface area contributed by atoms with E-state index in [9.17, 15) is 0 Å². The van der Waals surface area contributed by atoms with Crippen LogP contribution < -0.4 is 0 Å². The molecule has 0 atom stereocenters. The van der Waals surface area contributed by atoms with Crippen LogP contribution in [0.2, 0.25) is 0 Å². The monoisotopic (exact) mass is 763 g/mol. The first-order valence-electron chi connectivity index (χ1n) is 21.4. The second-order valence-corrected chi connectivity index (χ2v) is 14.1. The third-order valence-electron chi connectivity index (χ3n) is 8.37. The van der Waals surface area contributed by atoms with Gasteiger partial charge in [0, 0.05) is 0 Å². The molecule has 0 aliphatic rings. The summed E-state index contributed by atoms with van der Waals surface area (Å²) in [5.74, 6) is 0. The van der Waals surface area contributed by atoms with Gasteiger partial charge in [0.25, 0.3) is 0 Å². The van der Waals surface area contributed by atoms with Gasteiger partial charge >= 0.3 is 0 Å². The highest BCUT2D eigenvalue weighted by atomic mass is 14.1. The molecule has 0 nitrogen and oxygen atoms in total. The van der Waals surface area contributed by atoms with Crippen molar-refractivity contribution in [2.45, 2.75) is 81.1 Å². The molecular formula is C58H66. The highest BCUT2D eigenvalue weighted by Crippen LogP contribution is 2.34. The molecule has 298 valence electrons. The van der Waals surface area contributed by atoms with Crippen molar-refractivity contribution in [2.75, 3.05) is 0 Å². The second kappa shape index (κ2) is 27.6. The first kappa shape index (κ1) is 46.4. The minimum atomic E-state index is 1.25. The lowest BCUT2D eigenvalue weighted by Crippen LogP contribution is -1.82. The molecule has 0 aliphatic carbocycles. The molecule has 0 heteroatoms. The van der Waals surface area contributed by atoms with E-state index in [2.05, 4.69) is 225 Å². The quantitative estimate of drug-likeness (QED) is 0.135. The Morgan fingerprint density at radius 2 is 0.379 bits per heavy atom. The highest BCUT2D eigenvalue weighted by Gasteiger charge is 2.06. The Labute approximate surface area is 350 Å².